The Hall–Kier alpha value is -0.940. The van der Waals surface area contributed by atoms with Crippen LogP contribution in [0.25, 0.3) is 0 Å². The van der Waals surface area contributed by atoms with E-state index >= 15 is 0 Å². The first kappa shape index (κ1) is 13.1. The summed E-state index contributed by atoms with van der Waals surface area (Å²) in [5.41, 5.74) is 0.364. The molecule has 106 valence electrons. The average molecular weight is 263 g/mol. The summed E-state index contributed by atoms with van der Waals surface area (Å²) in [5, 5.41) is 8.01. The predicted octanol–water partition coefficient (Wildman–Crippen LogP) is 1.31. The first-order valence-electron chi connectivity index (χ1n) is 7.50. The summed E-state index contributed by atoms with van der Waals surface area (Å²) < 4.78 is 1.90. The Balaban J connectivity index is 1.75. The Kier molecular flexibility index (Phi) is 3.58. The number of aromatic nitrogens is 3. The molecule has 0 amide bonds. The molecule has 1 aromatic heterocycles. The summed E-state index contributed by atoms with van der Waals surface area (Å²) in [5.74, 6) is 1.07. The summed E-state index contributed by atoms with van der Waals surface area (Å²) >= 11 is 0. The zero-order valence-electron chi connectivity index (χ0n) is 12.1. The van der Waals surface area contributed by atoms with Crippen LogP contribution < -0.4 is 5.32 Å². The minimum absolute atomic E-state index is 0.364. The molecule has 5 heteroatoms. The predicted molar refractivity (Wildman–Crippen MR) is 74.7 cm³/mol. The van der Waals surface area contributed by atoms with E-state index in [0.29, 0.717) is 11.6 Å². The lowest BCUT2D eigenvalue weighted by molar-refractivity contribution is 0.155. The van der Waals surface area contributed by atoms with Crippen molar-refractivity contribution in [2.45, 2.75) is 57.2 Å². The van der Waals surface area contributed by atoms with Crippen molar-refractivity contribution in [1.29, 1.82) is 0 Å². The molecule has 1 unspecified atom stereocenters. The molecular formula is C14H25N5. The van der Waals surface area contributed by atoms with Crippen molar-refractivity contribution in [3.8, 4) is 0 Å². The van der Waals surface area contributed by atoms with Crippen LogP contribution in [0.4, 0.5) is 0 Å². The Morgan fingerprint density at radius 3 is 2.89 bits per heavy atom. The second kappa shape index (κ2) is 5.21. The standard InChI is InChI=1S/C14H25N5/c1-12-5-8-16-14(6-3-4-7-14)10-19(12)9-13-15-11-17-18(13)2/h11-12,16H,3-10H2,1-2H3. The Morgan fingerprint density at radius 2 is 2.21 bits per heavy atom. The van der Waals surface area contributed by atoms with E-state index in [1.807, 2.05) is 11.7 Å². The Morgan fingerprint density at radius 1 is 1.42 bits per heavy atom. The van der Waals surface area contributed by atoms with Crippen LogP contribution in [0.5, 0.6) is 0 Å². The third-order valence-corrected chi connectivity index (χ3v) is 4.90. The van der Waals surface area contributed by atoms with Crippen molar-refractivity contribution in [2.75, 3.05) is 13.1 Å². The van der Waals surface area contributed by atoms with Crippen molar-refractivity contribution in [3.05, 3.63) is 12.2 Å². The van der Waals surface area contributed by atoms with Gasteiger partial charge in [0.25, 0.3) is 0 Å². The highest BCUT2D eigenvalue weighted by molar-refractivity contribution is 4.99. The molecule has 1 aliphatic carbocycles. The lowest BCUT2D eigenvalue weighted by Crippen LogP contribution is -2.50. The first-order chi connectivity index (χ1) is 9.19. The number of hydrogen-bond donors (Lipinski definition) is 1. The molecular weight excluding hydrogens is 238 g/mol. The molecule has 1 saturated heterocycles. The van der Waals surface area contributed by atoms with Crippen LogP contribution in [-0.4, -0.2) is 44.3 Å². The van der Waals surface area contributed by atoms with Gasteiger partial charge in [-0.3, -0.25) is 9.58 Å². The van der Waals surface area contributed by atoms with Gasteiger partial charge >= 0.3 is 0 Å². The Bertz CT molecular complexity index is 421. The molecule has 2 fully saturated rings. The van der Waals surface area contributed by atoms with Gasteiger partial charge in [-0.15, -0.1) is 0 Å². The highest BCUT2D eigenvalue weighted by Gasteiger charge is 2.38. The van der Waals surface area contributed by atoms with Crippen molar-refractivity contribution in [1.82, 2.24) is 25.0 Å². The summed E-state index contributed by atoms with van der Waals surface area (Å²) in [6, 6.07) is 0.615. The fourth-order valence-electron chi connectivity index (χ4n) is 3.57. The third-order valence-electron chi connectivity index (χ3n) is 4.90. The second-order valence-corrected chi connectivity index (χ2v) is 6.26. The fraction of sp³-hybridized carbons (Fsp3) is 0.857. The van der Waals surface area contributed by atoms with Crippen molar-refractivity contribution < 1.29 is 0 Å². The SMILES string of the molecule is CC1CCNC2(CCCC2)CN1Cc1ncnn1C. The van der Waals surface area contributed by atoms with Gasteiger partial charge in [-0.05, 0) is 32.7 Å². The molecule has 2 heterocycles. The van der Waals surface area contributed by atoms with Gasteiger partial charge in [0.1, 0.15) is 12.2 Å². The molecule has 1 N–H and O–H groups in total. The zero-order chi connectivity index (χ0) is 13.3. The van der Waals surface area contributed by atoms with Crippen LogP contribution in [0.1, 0.15) is 44.9 Å². The molecule has 3 rings (SSSR count). The van der Waals surface area contributed by atoms with Crippen LogP contribution in [0.15, 0.2) is 6.33 Å². The number of aryl methyl sites for hydroxylation is 1. The number of hydrogen-bond acceptors (Lipinski definition) is 4. The van der Waals surface area contributed by atoms with Gasteiger partial charge in [-0.2, -0.15) is 5.10 Å². The van der Waals surface area contributed by atoms with E-state index in [4.69, 9.17) is 0 Å². The highest BCUT2D eigenvalue weighted by atomic mass is 15.3. The summed E-state index contributed by atoms with van der Waals surface area (Å²) in [6.07, 6.45) is 8.28. The van der Waals surface area contributed by atoms with E-state index in [1.165, 1.54) is 32.1 Å². The van der Waals surface area contributed by atoms with Gasteiger partial charge in [0.05, 0.1) is 6.54 Å². The van der Waals surface area contributed by atoms with Crippen molar-refractivity contribution in [3.63, 3.8) is 0 Å². The molecule has 1 spiro atoms. The van der Waals surface area contributed by atoms with Crippen LogP contribution in [0.2, 0.25) is 0 Å². The highest BCUT2D eigenvalue weighted by Crippen LogP contribution is 2.33. The van der Waals surface area contributed by atoms with Crippen LogP contribution in [-0.2, 0) is 13.6 Å². The largest absolute Gasteiger partial charge is 0.310 e. The van der Waals surface area contributed by atoms with E-state index in [0.717, 1.165) is 25.5 Å². The molecule has 1 aromatic rings. The van der Waals surface area contributed by atoms with Gasteiger partial charge in [-0.1, -0.05) is 12.8 Å². The van der Waals surface area contributed by atoms with E-state index in [2.05, 4.69) is 27.2 Å². The maximum absolute atomic E-state index is 4.38. The summed E-state index contributed by atoms with van der Waals surface area (Å²) in [4.78, 5) is 6.97. The molecule has 1 aliphatic heterocycles. The monoisotopic (exact) mass is 263 g/mol. The summed E-state index contributed by atoms with van der Waals surface area (Å²) in [6.45, 7) is 5.56. The molecule has 19 heavy (non-hydrogen) atoms. The van der Waals surface area contributed by atoms with Crippen LogP contribution in [0, 0.1) is 0 Å². The van der Waals surface area contributed by atoms with Gasteiger partial charge in [0, 0.05) is 25.2 Å². The second-order valence-electron chi connectivity index (χ2n) is 6.26. The zero-order valence-corrected chi connectivity index (χ0v) is 12.1. The maximum atomic E-state index is 4.38. The number of nitrogens with one attached hydrogen (secondary N) is 1. The summed E-state index contributed by atoms with van der Waals surface area (Å²) in [7, 11) is 1.98. The van der Waals surface area contributed by atoms with Gasteiger partial charge in [0.2, 0.25) is 0 Å². The van der Waals surface area contributed by atoms with Crippen LogP contribution >= 0.6 is 0 Å². The minimum Gasteiger partial charge on any atom is -0.310 e. The molecule has 0 radical (unpaired) electrons. The van der Waals surface area contributed by atoms with Crippen LogP contribution in [0.3, 0.4) is 0 Å². The minimum atomic E-state index is 0.364. The number of nitrogens with zero attached hydrogens (tertiary/aromatic N) is 4. The van der Waals surface area contributed by atoms with Gasteiger partial charge < -0.3 is 5.32 Å². The van der Waals surface area contributed by atoms with E-state index in [9.17, 15) is 0 Å². The molecule has 2 aliphatic rings. The third kappa shape index (κ3) is 2.67. The lowest BCUT2D eigenvalue weighted by atomic mass is 9.97. The molecule has 5 nitrogen and oxygen atoms in total. The smallest absolute Gasteiger partial charge is 0.140 e. The molecule has 0 bridgehead atoms. The maximum Gasteiger partial charge on any atom is 0.140 e. The van der Waals surface area contributed by atoms with E-state index in [1.54, 1.807) is 6.33 Å². The van der Waals surface area contributed by atoms with Gasteiger partial charge in [-0.25, -0.2) is 4.98 Å². The average Bonchev–Trinajstić information content (AvgIpc) is 2.95. The lowest BCUT2D eigenvalue weighted by Gasteiger charge is -2.35. The van der Waals surface area contributed by atoms with Crippen molar-refractivity contribution in [2.24, 2.45) is 7.05 Å². The first-order valence-corrected chi connectivity index (χ1v) is 7.50. The topological polar surface area (TPSA) is 46.0 Å². The van der Waals surface area contributed by atoms with E-state index in [-0.39, 0.29) is 0 Å². The van der Waals surface area contributed by atoms with E-state index < -0.39 is 0 Å². The quantitative estimate of drug-likeness (QED) is 0.874. The molecule has 1 atom stereocenters. The molecule has 1 saturated carbocycles. The van der Waals surface area contributed by atoms with Crippen molar-refractivity contribution >= 4 is 0 Å². The molecule has 0 aromatic carbocycles. The number of rotatable bonds is 2. The Labute approximate surface area is 115 Å². The van der Waals surface area contributed by atoms with Gasteiger partial charge in [0.15, 0.2) is 0 Å². The normalized spacial score (nSPS) is 27.8. The fourth-order valence-corrected chi connectivity index (χ4v) is 3.57.